The zero-order chi connectivity index (χ0) is 7.56. The molecule has 0 aliphatic rings. The molecular weight excluding hydrogens is 212 g/mol. The van der Waals surface area contributed by atoms with Crippen molar-refractivity contribution < 1.29 is 0 Å². The summed E-state index contributed by atoms with van der Waals surface area (Å²) < 4.78 is 0.683. The molecule has 0 N–H and O–H groups in total. The summed E-state index contributed by atoms with van der Waals surface area (Å²) in [6.07, 6.45) is 1.53. The quantitative estimate of drug-likeness (QED) is 0.672. The third kappa shape index (κ3) is 1.49. The van der Waals surface area contributed by atoms with Gasteiger partial charge in [0, 0.05) is 11.1 Å². The smallest absolute Gasteiger partial charge is 0.154 e. The summed E-state index contributed by atoms with van der Waals surface area (Å²) in [4.78, 5) is 4.55. The molecule has 0 fully saturated rings. The molecule has 0 aromatic carbocycles. The van der Waals surface area contributed by atoms with Gasteiger partial charge in [-0.05, 0) is 22.0 Å². The van der Waals surface area contributed by atoms with Crippen LogP contribution in [0.15, 0.2) is 21.6 Å². The summed E-state index contributed by atoms with van der Waals surface area (Å²) in [5, 5.41) is 8.44. The van der Waals surface area contributed by atoms with Crippen molar-refractivity contribution in [2.24, 2.45) is 0 Å². The van der Waals surface area contributed by atoms with Crippen LogP contribution in [0.4, 0.5) is 0 Å². The molecule has 1 rings (SSSR count). The van der Waals surface area contributed by atoms with E-state index in [1.807, 2.05) is 6.07 Å². The molecule has 0 amide bonds. The average Bonchev–Trinajstić information content (AvgIpc) is 1.88. The fourth-order valence-electron chi connectivity index (χ4n) is 0.510. The van der Waals surface area contributed by atoms with Crippen molar-refractivity contribution in [2.45, 2.75) is 4.90 Å². The van der Waals surface area contributed by atoms with Gasteiger partial charge in [-0.2, -0.15) is 5.26 Å². The van der Waals surface area contributed by atoms with Gasteiger partial charge < -0.3 is 0 Å². The third-order valence-electron chi connectivity index (χ3n) is 0.933. The van der Waals surface area contributed by atoms with Crippen molar-refractivity contribution in [3.8, 4) is 6.07 Å². The molecule has 1 aromatic rings. The monoisotopic (exact) mass is 214 g/mol. The first-order valence-electron chi connectivity index (χ1n) is 2.48. The van der Waals surface area contributed by atoms with Gasteiger partial charge in [0.15, 0.2) is 5.69 Å². The van der Waals surface area contributed by atoms with Crippen LogP contribution in [0.5, 0.6) is 0 Å². The second kappa shape index (κ2) is 3.04. The first-order chi connectivity index (χ1) is 4.74. The number of hydrogen-bond donors (Lipinski definition) is 1. The molecule has 1 heterocycles. The number of rotatable bonds is 0. The number of hydrogen-bond acceptors (Lipinski definition) is 3. The lowest BCUT2D eigenvalue weighted by Gasteiger charge is -1.92. The Kier molecular flexibility index (Phi) is 2.30. The molecule has 0 saturated heterocycles. The minimum atomic E-state index is 0.387. The Hall–Kier alpha value is -0.530. The van der Waals surface area contributed by atoms with Gasteiger partial charge >= 0.3 is 0 Å². The molecule has 0 aliphatic heterocycles. The van der Waals surface area contributed by atoms with E-state index in [1.165, 1.54) is 6.20 Å². The number of aromatic nitrogens is 1. The van der Waals surface area contributed by atoms with Crippen molar-refractivity contribution in [3.05, 3.63) is 22.4 Å². The van der Waals surface area contributed by atoms with E-state index in [4.69, 9.17) is 5.26 Å². The number of halogens is 1. The van der Waals surface area contributed by atoms with Crippen molar-refractivity contribution in [2.75, 3.05) is 0 Å². The molecule has 0 spiro atoms. The lowest BCUT2D eigenvalue weighted by molar-refractivity contribution is 1.18. The summed E-state index contributed by atoms with van der Waals surface area (Å²) >= 11 is 7.21. The fraction of sp³-hybridized carbons (Fsp3) is 0. The van der Waals surface area contributed by atoms with Crippen LogP contribution in [0.1, 0.15) is 5.69 Å². The largest absolute Gasteiger partial charge is 0.243 e. The number of nitriles is 1. The lowest BCUT2D eigenvalue weighted by Crippen LogP contribution is -1.82. The average molecular weight is 215 g/mol. The van der Waals surface area contributed by atoms with Gasteiger partial charge in [0.1, 0.15) is 6.07 Å². The maximum absolute atomic E-state index is 8.44. The van der Waals surface area contributed by atoms with E-state index in [-0.39, 0.29) is 0 Å². The predicted molar refractivity (Wildman–Crippen MR) is 43.9 cm³/mol. The lowest BCUT2D eigenvalue weighted by atomic mass is 10.4. The SMILES string of the molecule is N#Cc1ncc(S)cc1Br. The number of thiol groups is 1. The first-order valence-corrected chi connectivity index (χ1v) is 3.72. The van der Waals surface area contributed by atoms with E-state index in [0.29, 0.717) is 10.2 Å². The molecule has 50 valence electrons. The summed E-state index contributed by atoms with van der Waals surface area (Å²) in [5.74, 6) is 0. The zero-order valence-electron chi connectivity index (χ0n) is 4.87. The Balaban J connectivity index is 3.23. The maximum Gasteiger partial charge on any atom is 0.154 e. The summed E-state index contributed by atoms with van der Waals surface area (Å²) in [5.41, 5.74) is 0.387. The van der Waals surface area contributed by atoms with Crippen molar-refractivity contribution in [3.63, 3.8) is 0 Å². The van der Waals surface area contributed by atoms with E-state index in [9.17, 15) is 0 Å². The Morgan fingerprint density at radius 2 is 2.40 bits per heavy atom. The van der Waals surface area contributed by atoms with Crippen LogP contribution < -0.4 is 0 Å². The Morgan fingerprint density at radius 1 is 1.70 bits per heavy atom. The number of nitrogens with zero attached hydrogens (tertiary/aromatic N) is 2. The van der Waals surface area contributed by atoms with E-state index in [2.05, 4.69) is 33.5 Å². The standard InChI is InChI=1S/C6H3BrN2S/c7-5-1-4(10)3-9-6(5)2-8/h1,3,10H. The van der Waals surface area contributed by atoms with Crippen LogP contribution in [-0.4, -0.2) is 4.98 Å². The molecular formula is C6H3BrN2S. The van der Waals surface area contributed by atoms with Gasteiger partial charge in [-0.1, -0.05) is 0 Å². The maximum atomic E-state index is 8.44. The molecule has 0 saturated carbocycles. The highest BCUT2D eigenvalue weighted by molar-refractivity contribution is 9.10. The normalized spacial score (nSPS) is 8.90. The van der Waals surface area contributed by atoms with E-state index in [0.717, 1.165) is 4.90 Å². The van der Waals surface area contributed by atoms with Gasteiger partial charge in [0.2, 0.25) is 0 Å². The second-order valence-corrected chi connectivity index (χ2v) is 3.01. The predicted octanol–water partition coefficient (Wildman–Crippen LogP) is 2.00. The Morgan fingerprint density at radius 3 is 2.90 bits per heavy atom. The molecule has 2 nitrogen and oxygen atoms in total. The van der Waals surface area contributed by atoms with Gasteiger partial charge in [0.25, 0.3) is 0 Å². The number of pyridine rings is 1. The van der Waals surface area contributed by atoms with Crippen molar-refractivity contribution in [1.29, 1.82) is 5.26 Å². The minimum Gasteiger partial charge on any atom is -0.243 e. The molecule has 0 aliphatic carbocycles. The van der Waals surface area contributed by atoms with Gasteiger partial charge in [0.05, 0.1) is 4.47 Å². The zero-order valence-corrected chi connectivity index (χ0v) is 7.35. The fourth-order valence-corrected chi connectivity index (χ4v) is 1.31. The molecule has 4 heteroatoms. The van der Waals surface area contributed by atoms with E-state index in [1.54, 1.807) is 6.07 Å². The Bertz CT molecular complexity index is 292. The Labute approximate surface area is 72.4 Å². The van der Waals surface area contributed by atoms with Crippen LogP contribution in [0.25, 0.3) is 0 Å². The van der Waals surface area contributed by atoms with Gasteiger partial charge in [-0.25, -0.2) is 4.98 Å². The molecule has 0 atom stereocenters. The second-order valence-electron chi connectivity index (χ2n) is 1.64. The molecule has 10 heavy (non-hydrogen) atoms. The van der Waals surface area contributed by atoms with Gasteiger partial charge in [-0.3, -0.25) is 0 Å². The third-order valence-corrected chi connectivity index (χ3v) is 1.78. The van der Waals surface area contributed by atoms with E-state index >= 15 is 0 Å². The first kappa shape index (κ1) is 7.58. The van der Waals surface area contributed by atoms with Gasteiger partial charge in [-0.15, -0.1) is 12.6 Å². The molecule has 0 bridgehead atoms. The summed E-state index contributed by atoms with van der Waals surface area (Å²) in [6, 6.07) is 3.66. The minimum absolute atomic E-state index is 0.387. The van der Waals surface area contributed by atoms with Crippen LogP contribution in [0.3, 0.4) is 0 Å². The summed E-state index contributed by atoms with van der Waals surface area (Å²) in [7, 11) is 0. The van der Waals surface area contributed by atoms with E-state index < -0.39 is 0 Å². The van der Waals surface area contributed by atoms with Crippen LogP contribution >= 0.6 is 28.6 Å². The molecule has 0 unspecified atom stereocenters. The van der Waals surface area contributed by atoms with Crippen molar-refractivity contribution in [1.82, 2.24) is 4.98 Å². The topological polar surface area (TPSA) is 36.7 Å². The van der Waals surface area contributed by atoms with Crippen molar-refractivity contribution >= 4 is 28.6 Å². The van der Waals surface area contributed by atoms with Crippen LogP contribution in [0, 0.1) is 11.3 Å². The molecule has 0 radical (unpaired) electrons. The van der Waals surface area contributed by atoms with Crippen LogP contribution in [0.2, 0.25) is 0 Å². The highest BCUT2D eigenvalue weighted by Gasteiger charge is 1.98. The highest BCUT2D eigenvalue weighted by atomic mass is 79.9. The summed E-state index contributed by atoms with van der Waals surface area (Å²) in [6.45, 7) is 0. The highest BCUT2D eigenvalue weighted by Crippen LogP contribution is 2.16. The molecule has 1 aromatic heterocycles. The van der Waals surface area contributed by atoms with Crippen LogP contribution in [-0.2, 0) is 0 Å².